The van der Waals surface area contributed by atoms with Crippen molar-refractivity contribution in [3.05, 3.63) is 22.7 Å². The summed E-state index contributed by atoms with van der Waals surface area (Å²) in [5.74, 6) is 0.899. The van der Waals surface area contributed by atoms with Gasteiger partial charge in [0.15, 0.2) is 5.13 Å². The zero-order valence-corrected chi connectivity index (χ0v) is 14.0. The second kappa shape index (κ2) is 5.32. The summed E-state index contributed by atoms with van der Waals surface area (Å²) in [5, 5.41) is 5.72. The molecule has 0 spiro atoms. The number of carbonyl (C=O) groups excluding carboxylic acids is 1. The van der Waals surface area contributed by atoms with Gasteiger partial charge in [0, 0.05) is 5.38 Å². The van der Waals surface area contributed by atoms with Crippen molar-refractivity contribution in [2.75, 3.05) is 5.32 Å². The molecule has 2 atom stereocenters. The topological polar surface area (TPSA) is 42.0 Å². The summed E-state index contributed by atoms with van der Waals surface area (Å²) >= 11 is 1.51. The van der Waals surface area contributed by atoms with Crippen molar-refractivity contribution >= 4 is 22.4 Å². The van der Waals surface area contributed by atoms with E-state index in [9.17, 15) is 4.79 Å². The van der Waals surface area contributed by atoms with Gasteiger partial charge in [-0.15, -0.1) is 11.3 Å². The van der Waals surface area contributed by atoms with Crippen LogP contribution in [0.1, 0.15) is 53.2 Å². The van der Waals surface area contributed by atoms with E-state index in [4.69, 9.17) is 0 Å². The second-order valence-electron chi connectivity index (χ2n) is 6.79. The standard InChI is InChI=1S/C16H24N2OS/c1-9(2)7-11-13(16(11,5)6)14(19)18-15-17-12(8-20-15)10(3)4/h7-8,10-11,13H,1-6H3,(H,17,18,19). The lowest BCUT2D eigenvalue weighted by atomic mass is 10.1. The molecule has 1 saturated carbocycles. The van der Waals surface area contributed by atoms with E-state index in [1.807, 2.05) is 5.38 Å². The number of allylic oxidation sites excluding steroid dienone is 2. The Hall–Kier alpha value is -1.16. The van der Waals surface area contributed by atoms with Gasteiger partial charge in [-0.25, -0.2) is 4.98 Å². The number of rotatable bonds is 4. The normalized spacial score (nSPS) is 23.6. The van der Waals surface area contributed by atoms with Crippen LogP contribution in [0.2, 0.25) is 0 Å². The summed E-state index contributed by atoms with van der Waals surface area (Å²) in [6.07, 6.45) is 2.21. The summed E-state index contributed by atoms with van der Waals surface area (Å²) in [6, 6.07) is 0. The van der Waals surface area contributed by atoms with Crippen LogP contribution >= 0.6 is 11.3 Å². The van der Waals surface area contributed by atoms with Crippen molar-refractivity contribution in [2.24, 2.45) is 17.3 Å². The lowest BCUT2D eigenvalue weighted by molar-refractivity contribution is -0.118. The predicted octanol–water partition coefficient (Wildman–Crippen LogP) is 4.44. The first-order valence-corrected chi connectivity index (χ1v) is 8.02. The Morgan fingerprint density at radius 1 is 1.45 bits per heavy atom. The molecule has 20 heavy (non-hydrogen) atoms. The average molecular weight is 292 g/mol. The highest BCUT2D eigenvalue weighted by molar-refractivity contribution is 7.13. The summed E-state index contributed by atoms with van der Waals surface area (Å²) in [6.45, 7) is 12.7. The number of aromatic nitrogens is 1. The maximum absolute atomic E-state index is 12.4. The Kier molecular flexibility index (Phi) is 4.05. The molecule has 4 heteroatoms. The maximum atomic E-state index is 12.4. The molecule has 0 saturated heterocycles. The van der Waals surface area contributed by atoms with E-state index < -0.39 is 0 Å². The molecule has 2 rings (SSSR count). The molecule has 1 N–H and O–H groups in total. The number of hydrogen-bond donors (Lipinski definition) is 1. The van der Waals surface area contributed by atoms with Crippen LogP contribution in [0.5, 0.6) is 0 Å². The highest BCUT2D eigenvalue weighted by Crippen LogP contribution is 2.59. The number of amides is 1. The third-order valence-electron chi connectivity index (χ3n) is 4.05. The Morgan fingerprint density at radius 2 is 2.10 bits per heavy atom. The minimum atomic E-state index is 0.0551. The molecule has 3 nitrogen and oxygen atoms in total. The van der Waals surface area contributed by atoms with E-state index >= 15 is 0 Å². The van der Waals surface area contributed by atoms with Gasteiger partial charge in [-0.3, -0.25) is 4.79 Å². The fourth-order valence-corrected chi connectivity index (χ4v) is 3.52. The molecule has 0 aromatic carbocycles. The molecular formula is C16H24N2OS. The zero-order valence-electron chi connectivity index (χ0n) is 13.2. The van der Waals surface area contributed by atoms with Gasteiger partial charge in [0.25, 0.3) is 0 Å². The summed E-state index contributed by atoms with van der Waals surface area (Å²) < 4.78 is 0. The maximum Gasteiger partial charge on any atom is 0.230 e. The van der Waals surface area contributed by atoms with Crippen molar-refractivity contribution in [1.82, 2.24) is 4.98 Å². The Morgan fingerprint density at radius 3 is 2.60 bits per heavy atom. The first kappa shape index (κ1) is 15.2. The monoisotopic (exact) mass is 292 g/mol. The number of hydrogen-bond acceptors (Lipinski definition) is 3. The molecule has 1 aromatic heterocycles. The smallest absolute Gasteiger partial charge is 0.230 e. The van der Waals surface area contributed by atoms with Crippen LogP contribution in [0.3, 0.4) is 0 Å². The number of thiazole rings is 1. The van der Waals surface area contributed by atoms with Crippen LogP contribution in [-0.2, 0) is 4.79 Å². The Bertz CT molecular complexity index is 538. The van der Waals surface area contributed by atoms with Crippen LogP contribution in [0, 0.1) is 17.3 Å². The van der Waals surface area contributed by atoms with Crippen molar-refractivity contribution < 1.29 is 4.79 Å². The van der Waals surface area contributed by atoms with E-state index in [0.717, 1.165) is 10.8 Å². The Balaban J connectivity index is 2.04. The van der Waals surface area contributed by atoms with Crippen molar-refractivity contribution in [3.8, 4) is 0 Å². The molecule has 1 aliphatic rings. The van der Waals surface area contributed by atoms with Gasteiger partial charge in [-0.2, -0.15) is 0 Å². The lowest BCUT2D eigenvalue weighted by Gasteiger charge is -2.03. The zero-order chi connectivity index (χ0) is 15.1. The van der Waals surface area contributed by atoms with Gasteiger partial charge >= 0.3 is 0 Å². The third-order valence-corrected chi connectivity index (χ3v) is 4.83. The molecule has 2 unspecified atom stereocenters. The number of anilines is 1. The van der Waals surface area contributed by atoms with Crippen molar-refractivity contribution in [2.45, 2.75) is 47.5 Å². The van der Waals surface area contributed by atoms with Gasteiger partial charge in [0.2, 0.25) is 5.91 Å². The first-order chi connectivity index (χ1) is 9.23. The summed E-state index contributed by atoms with van der Waals surface area (Å²) in [4.78, 5) is 16.9. The highest BCUT2D eigenvalue weighted by atomic mass is 32.1. The summed E-state index contributed by atoms with van der Waals surface area (Å²) in [7, 11) is 0. The first-order valence-electron chi connectivity index (χ1n) is 7.14. The molecule has 1 fully saturated rings. The minimum Gasteiger partial charge on any atom is -0.302 e. The molecule has 0 radical (unpaired) electrons. The summed E-state index contributed by atoms with van der Waals surface area (Å²) in [5.41, 5.74) is 2.37. The van der Waals surface area contributed by atoms with Crippen molar-refractivity contribution in [3.63, 3.8) is 0 Å². The van der Waals surface area contributed by atoms with Crippen LogP contribution in [-0.4, -0.2) is 10.9 Å². The van der Waals surface area contributed by atoms with Gasteiger partial charge in [0.05, 0.1) is 11.6 Å². The number of nitrogens with zero attached hydrogens (tertiary/aromatic N) is 1. The SMILES string of the molecule is CC(C)=CC1C(C(=O)Nc2nc(C(C)C)cs2)C1(C)C. The number of carbonyl (C=O) groups is 1. The number of nitrogens with one attached hydrogen (secondary N) is 1. The largest absolute Gasteiger partial charge is 0.302 e. The van der Waals surface area contributed by atoms with Gasteiger partial charge in [-0.1, -0.05) is 39.3 Å². The average Bonchev–Trinajstić information content (AvgIpc) is 2.71. The van der Waals surface area contributed by atoms with E-state index in [0.29, 0.717) is 11.8 Å². The van der Waals surface area contributed by atoms with Crippen LogP contribution in [0.25, 0.3) is 0 Å². The van der Waals surface area contributed by atoms with Gasteiger partial charge in [-0.05, 0) is 31.1 Å². The Labute approximate surface area is 125 Å². The van der Waals surface area contributed by atoms with E-state index in [1.54, 1.807) is 0 Å². The molecule has 0 bridgehead atoms. The molecule has 1 amide bonds. The predicted molar refractivity (Wildman–Crippen MR) is 85.0 cm³/mol. The minimum absolute atomic E-state index is 0.0551. The van der Waals surface area contributed by atoms with E-state index in [-0.39, 0.29) is 17.2 Å². The fourth-order valence-electron chi connectivity index (χ4n) is 2.64. The van der Waals surface area contributed by atoms with Gasteiger partial charge in [0.1, 0.15) is 0 Å². The van der Waals surface area contributed by atoms with E-state index in [1.165, 1.54) is 16.9 Å². The van der Waals surface area contributed by atoms with Crippen LogP contribution < -0.4 is 5.32 Å². The van der Waals surface area contributed by atoms with Crippen molar-refractivity contribution in [1.29, 1.82) is 0 Å². The van der Waals surface area contributed by atoms with Crippen LogP contribution in [0.4, 0.5) is 5.13 Å². The molecule has 110 valence electrons. The third kappa shape index (κ3) is 2.95. The fraction of sp³-hybridized carbons (Fsp3) is 0.625. The molecule has 1 aromatic rings. The van der Waals surface area contributed by atoms with Crippen LogP contribution in [0.15, 0.2) is 17.0 Å². The lowest BCUT2D eigenvalue weighted by Crippen LogP contribution is -2.16. The molecular weight excluding hydrogens is 268 g/mol. The second-order valence-corrected chi connectivity index (χ2v) is 7.65. The molecule has 1 aliphatic carbocycles. The van der Waals surface area contributed by atoms with E-state index in [2.05, 4.69) is 57.9 Å². The highest BCUT2D eigenvalue weighted by Gasteiger charge is 2.60. The van der Waals surface area contributed by atoms with Gasteiger partial charge < -0.3 is 5.32 Å². The quantitative estimate of drug-likeness (QED) is 0.833. The molecule has 0 aliphatic heterocycles. The molecule has 1 heterocycles.